The molecule has 20 heavy (non-hydrogen) atoms. The van der Waals surface area contributed by atoms with Crippen molar-refractivity contribution in [2.24, 2.45) is 11.7 Å². The van der Waals surface area contributed by atoms with Crippen LogP contribution in [-0.2, 0) is 6.42 Å². The number of hydrogen-bond acceptors (Lipinski definition) is 1. The van der Waals surface area contributed by atoms with E-state index in [1.54, 1.807) is 0 Å². The van der Waals surface area contributed by atoms with Gasteiger partial charge in [-0.05, 0) is 53.6 Å². The van der Waals surface area contributed by atoms with E-state index in [0.717, 1.165) is 10.9 Å². The fraction of sp³-hybridized carbons (Fsp3) is 0.333. The minimum Gasteiger partial charge on any atom is -0.320 e. The molecule has 2 rings (SSSR count). The van der Waals surface area contributed by atoms with Crippen LogP contribution in [-0.4, -0.2) is 0 Å². The van der Waals surface area contributed by atoms with Crippen molar-refractivity contribution >= 4 is 15.9 Å². The van der Waals surface area contributed by atoms with E-state index >= 15 is 0 Å². The number of nitrogens with two attached hydrogens (primary N) is 1. The maximum Gasteiger partial charge on any atom is 0.0554 e. The van der Waals surface area contributed by atoms with Crippen LogP contribution in [0.1, 0.15) is 42.1 Å². The number of benzene rings is 2. The summed E-state index contributed by atoms with van der Waals surface area (Å²) < 4.78 is 1.10. The Morgan fingerprint density at radius 3 is 2.25 bits per heavy atom. The average Bonchev–Trinajstić information content (AvgIpc) is 2.38. The van der Waals surface area contributed by atoms with Crippen molar-refractivity contribution in [2.75, 3.05) is 0 Å². The smallest absolute Gasteiger partial charge is 0.0554 e. The van der Waals surface area contributed by atoms with Gasteiger partial charge in [0.2, 0.25) is 0 Å². The third-order valence-corrected chi connectivity index (χ3v) is 4.04. The monoisotopic (exact) mass is 331 g/mol. The van der Waals surface area contributed by atoms with Crippen molar-refractivity contribution < 1.29 is 0 Å². The summed E-state index contributed by atoms with van der Waals surface area (Å²) in [4.78, 5) is 0. The molecule has 0 heterocycles. The molecule has 0 aliphatic rings. The maximum absolute atomic E-state index is 6.40. The van der Waals surface area contributed by atoms with Gasteiger partial charge in [-0.1, -0.05) is 60.1 Å². The summed E-state index contributed by atoms with van der Waals surface area (Å²) in [7, 11) is 0. The van der Waals surface area contributed by atoms with Gasteiger partial charge in [0.25, 0.3) is 0 Å². The predicted octanol–water partition coefficient (Wildman–Crippen LogP) is 5.00. The van der Waals surface area contributed by atoms with Crippen molar-refractivity contribution in [1.82, 2.24) is 0 Å². The summed E-state index contributed by atoms with van der Waals surface area (Å²) >= 11 is 3.49. The second-order valence-corrected chi connectivity index (χ2v) is 6.73. The van der Waals surface area contributed by atoms with E-state index in [4.69, 9.17) is 5.73 Å². The first kappa shape index (κ1) is 15.3. The molecule has 106 valence electrons. The minimum atomic E-state index is -0.0591. The van der Waals surface area contributed by atoms with Crippen molar-refractivity contribution in [2.45, 2.75) is 33.2 Å². The van der Waals surface area contributed by atoms with Crippen LogP contribution in [0.3, 0.4) is 0 Å². The van der Waals surface area contributed by atoms with Gasteiger partial charge in [-0.25, -0.2) is 0 Å². The van der Waals surface area contributed by atoms with Crippen LogP contribution in [0.15, 0.2) is 46.9 Å². The molecule has 0 radical (unpaired) electrons. The van der Waals surface area contributed by atoms with Crippen molar-refractivity contribution in [3.63, 3.8) is 0 Å². The van der Waals surface area contributed by atoms with Crippen molar-refractivity contribution in [3.8, 4) is 0 Å². The van der Waals surface area contributed by atoms with Crippen LogP contribution in [0.2, 0.25) is 0 Å². The molecule has 0 saturated carbocycles. The largest absolute Gasteiger partial charge is 0.320 e. The topological polar surface area (TPSA) is 26.0 Å². The minimum absolute atomic E-state index is 0.0591. The Labute approximate surface area is 130 Å². The third kappa shape index (κ3) is 3.71. The quantitative estimate of drug-likeness (QED) is 0.837. The normalized spacial score (nSPS) is 12.7. The van der Waals surface area contributed by atoms with Gasteiger partial charge in [0.1, 0.15) is 0 Å². The molecule has 1 nitrogen and oxygen atoms in total. The van der Waals surface area contributed by atoms with Crippen LogP contribution in [0, 0.1) is 12.8 Å². The summed E-state index contributed by atoms with van der Waals surface area (Å²) in [6.07, 6.45) is 1.12. The van der Waals surface area contributed by atoms with Gasteiger partial charge < -0.3 is 5.73 Å². The molecule has 0 amide bonds. The summed E-state index contributed by atoms with van der Waals surface area (Å²) in [6, 6.07) is 14.9. The van der Waals surface area contributed by atoms with Crippen molar-refractivity contribution in [1.29, 1.82) is 0 Å². The molecule has 2 heteroatoms. The van der Waals surface area contributed by atoms with E-state index in [9.17, 15) is 0 Å². The Morgan fingerprint density at radius 1 is 1.05 bits per heavy atom. The highest BCUT2D eigenvalue weighted by Gasteiger charge is 2.11. The third-order valence-electron chi connectivity index (χ3n) is 3.55. The molecule has 2 N–H and O–H groups in total. The number of halogens is 1. The lowest BCUT2D eigenvalue weighted by molar-refractivity contribution is 0.647. The highest BCUT2D eigenvalue weighted by atomic mass is 79.9. The molecular weight excluding hydrogens is 310 g/mol. The number of aryl methyl sites for hydroxylation is 1. The molecule has 2 aromatic rings. The molecule has 0 aliphatic heterocycles. The van der Waals surface area contributed by atoms with E-state index in [1.807, 2.05) is 0 Å². The molecule has 1 unspecified atom stereocenters. The zero-order valence-electron chi connectivity index (χ0n) is 12.4. The first-order valence-electron chi connectivity index (χ1n) is 7.08. The van der Waals surface area contributed by atoms with E-state index in [0.29, 0.717) is 5.92 Å². The van der Waals surface area contributed by atoms with E-state index in [1.165, 1.54) is 22.3 Å². The standard InChI is InChI=1S/C18H22BrN/c1-12(2)10-14-4-6-15(7-5-14)18(20)17-9-8-16(19)11-13(17)3/h4-9,11-12,18H,10,20H2,1-3H3. The molecule has 0 saturated heterocycles. The van der Waals surface area contributed by atoms with Gasteiger partial charge in [0.05, 0.1) is 6.04 Å². The Hall–Kier alpha value is -1.12. The molecule has 2 aromatic carbocycles. The highest BCUT2D eigenvalue weighted by Crippen LogP contribution is 2.25. The second kappa shape index (κ2) is 6.55. The first-order chi connectivity index (χ1) is 9.47. The van der Waals surface area contributed by atoms with Gasteiger partial charge in [-0.15, -0.1) is 0 Å². The highest BCUT2D eigenvalue weighted by molar-refractivity contribution is 9.10. The Morgan fingerprint density at radius 2 is 1.70 bits per heavy atom. The fourth-order valence-electron chi connectivity index (χ4n) is 2.50. The lowest BCUT2D eigenvalue weighted by Crippen LogP contribution is -2.13. The Kier molecular flexibility index (Phi) is 5.00. The summed E-state index contributed by atoms with van der Waals surface area (Å²) in [5, 5.41) is 0. The van der Waals surface area contributed by atoms with Crippen molar-refractivity contribution in [3.05, 3.63) is 69.2 Å². The number of rotatable bonds is 4. The molecule has 0 bridgehead atoms. The van der Waals surface area contributed by atoms with Gasteiger partial charge in [0, 0.05) is 4.47 Å². The summed E-state index contributed by atoms with van der Waals surface area (Å²) in [6.45, 7) is 6.59. The van der Waals surface area contributed by atoms with E-state index in [-0.39, 0.29) is 6.04 Å². The molecular formula is C18H22BrN. The maximum atomic E-state index is 6.40. The van der Waals surface area contributed by atoms with Gasteiger partial charge in [-0.2, -0.15) is 0 Å². The Balaban J connectivity index is 2.22. The lowest BCUT2D eigenvalue weighted by Gasteiger charge is -2.16. The average molecular weight is 332 g/mol. The zero-order valence-corrected chi connectivity index (χ0v) is 13.9. The van der Waals surface area contributed by atoms with Crippen LogP contribution < -0.4 is 5.73 Å². The second-order valence-electron chi connectivity index (χ2n) is 5.82. The van der Waals surface area contributed by atoms with E-state index < -0.39 is 0 Å². The molecule has 1 atom stereocenters. The van der Waals surface area contributed by atoms with Gasteiger partial charge in [0.15, 0.2) is 0 Å². The summed E-state index contributed by atoms with van der Waals surface area (Å²) in [5.74, 6) is 0.684. The molecule has 0 fully saturated rings. The van der Waals surface area contributed by atoms with Crippen LogP contribution >= 0.6 is 15.9 Å². The van der Waals surface area contributed by atoms with Crippen LogP contribution in [0.4, 0.5) is 0 Å². The molecule has 0 aromatic heterocycles. The molecule has 0 aliphatic carbocycles. The van der Waals surface area contributed by atoms with Gasteiger partial charge >= 0.3 is 0 Å². The van der Waals surface area contributed by atoms with Crippen LogP contribution in [0.5, 0.6) is 0 Å². The Bertz CT molecular complexity index is 572. The zero-order chi connectivity index (χ0) is 14.7. The fourth-order valence-corrected chi connectivity index (χ4v) is 2.98. The lowest BCUT2D eigenvalue weighted by atomic mass is 9.94. The SMILES string of the molecule is Cc1cc(Br)ccc1C(N)c1ccc(CC(C)C)cc1. The molecule has 0 spiro atoms. The first-order valence-corrected chi connectivity index (χ1v) is 7.87. The van der Waals surface area contributed by atoms with Crippen LogP contribution in [0.25, 0.3) is 0 Å². The summed E-state index contributed by atoms with van der Waals surface area (Å²) in [5.41, 5.74) is 11.4. The number of hydrogen-bond donors (Lipinski definition) is 1. The van der Waals surface area contributed by atoms with E-state index in [2.05, 4.69) is 79.2 Å². The predicted molar refractivity (Wildman–Crippen MR) is 89.9 cm³/mol. The van der Waals surface area contributed by atoms with Gasteiger partial charge in [-0.3, -0.25) is 0 Å².